The Bertz CT molecular complexity index is 1870. The van der Waals surface area contributed by atoms with Crippen LogP contribution < -0.4 is 14.8 Å². The number of carbonyl (C=O) groups is 3. The molecule has 0 aromatic heterocycles. The van der Waals surface area contributed by atoms with Crippen molar-refractivity contribution in [1.82, 2.24) is 4.90 Å². The number of likely N-dealkylation sites (N-methyl/N-ethyl adjacent to an activating group) is 1. The fourth-order valence-electron chi connectivity index (χ4n) is 7.16. The molecule has 9 unspecified atom stereocenters. The average Bonchev–Trinajstić information content (AvgIpc) is 3.43. The van der Waals surface area contributed by atoms with E-state index in [1.807, 2.05) is 13.8 Å². The monoisotopic (exact) mass is 768 g/mol. The molecule has 6 N–H and O–H groups in total. The van der Waals surface area contributed by atoms with E-state index in [9.17, 15) is 39.9 Å². The second-order valence-electron chi connectivity index (χ2n) is 14.7. The molecule has 2 amide bonds. The van der Waals surface area contributed by atoms with E-state index >= 15 is 0 Å². The molecule has 0 radical (unpaired) electrons. The zero-order valence-electron chi connectivity index (χ0n) is 33.2. The summed E-state index contributed by atoms with van der Waals surface area (Å²) >= 11 is 0. The number of phenolic OH excluding ortho intramolecular Hbond substituents is 2. The highest BCUT2D eigenvalue weighted by molar-refractivity contribution is 6.21. The Morgan fingerprint density at radius 1 is 0.927 bits per heavy atom. The number of amides is 2. The standard InChI is InChI=1S/C41H56N2O12/c1-11-43(12-2)29(44)19-53-28-18-26-37(49)31-30(28)32-38(25(8)36(31)48)55-41(9,39(32)50)54-17-16-27(52-10)22(5)34(46)24(7)35(47)23(6)33(45)20(3)14-13-15-21(4)40(51)42-26/h13-18,20,22-24,27,33-35,45-49H,11-12,19H2,1-10H3,(H,42,51). The van der Waals surface area contributed by atoms with E-state index in [-0.39, 0.29) is 50.6 Å². The third-order valence-electron chi connectivity index (χ3n) is 11.0. The van der Waals surface area contributed by atoms with E-state index in [4.69, 9.17) is 18.9 Å². The highest BCUT2D eigenvalue weighted by Crippen LogP contribution is 2.54. The first-order valence-electron chi connectivity index (χ1n) is 18.6. The fourth-order valence-corrected chi connectivity index (χ4v) is 7.16. The van der Waals surface area contributed by atoms with Gasteiger partial charge in [-0.05, 0) is 33.8 Å². The molecule has 2 aromatic carbocycles. The van der Waals surface area contributed by atoms with Crippen LogP contribution in [0.4, 0.5) is 5.69 Å². The molecule has 0 aliphatic carbocycles. The largest absolute Gasteiger partial charge is 0.507 e. The second-order valence-corrected chi connectivity index (χ2v) is 14.7. The number of aromatic hydroxyl groups is 2. The number of aliphatic hydroxyl groups excluding tert-OH is 3. The number of fused-ring (bicyclic) bond motifs is 14. The number of methoxy groups -OCH3 is 1. The third-order valence-corrected chi connectivity index (χ3v) is 11.0. The zero-order valence-corrected chi connectivity index (χ0v) is 33.2. The first kappa shape index (κ1) is 43.1. The number of nitrogens with one attached hydrogen (secondary N) is 1. The summed E-state index contributed by atoms with van der Waals surface area (Å²) in [7, 11) is 1.44. The van der Waals surface area contributed by atoms with Gasteiger partial charge >= 0.3 is 5.79 Å². The molecule has 9 atom stereocenters. The molecule has 0 saturated carbocycles. The zero-order chi connectivity index (χ0) is 41.1. The quantitative estimate of drug-likeness (QED) is 0.221. The number of rotatable bonds is 6. The van der Waals surface area contributed by atoms with Gasteiger partial charge in [-0.15, -0.1) is 0 Å². The van der Waals surface area contributed by atoms with Crippen LogP contribution in [0.3, 0.4) is 0 Å². The van der Waals surface area contributed by atoms with Gasteiger partial charge in [0.15, 0.2) is 12.4 Å². The maximum atomic E-state index is 14.3. The Kier molecular flexibility index (Phi) is 13.7. The van der Waals surface area contributed by atoms with Gasteiger partial charge in [0.05, 0.1) is 47.3 Å². The Balaban J connectivity index is 1.92. The number of anilines is 1. The SMILES string of the molecule is CCN(CC)C(=O)COc1cc2c(O)c3c(O)c(C)c4c(c13)C(=O)C(C)(OC=CC(OC)C(C)C(O)C(C)C(O)C(C)C(O)C(C)C=CC=C(C)C(=O)N2)O4. The van der Waals surface area contributed by atoms with Crippen molar-refractivity contribution in [2.24, 2.45) is 23.7 Å². The highest BCUT2D eigenvalue weighted by atomic mass is 16.7. The topological polar surface area (TPSA) is 205 Å². The van der Waals surface area contributed by atoms with E-state index in [1.54, 1.807) is 44.7 Å². The van der Waals surface area contributed by atoms with Gasteiger partial charge in [0.25, 0.3) is 17.6 Å². The van der Waals surface area contributed by atoms with Crippen molar-refractivity contribution in [2.45, 2.75) is 92.5 Å². The van der Waals surface area contributed by atoms with Crippen LogP contribution in [0.15, 0.2) is 42.2 Å². The molecule has 5 rings (SSSR count). The van der Waals surface area contributed by atoms with Crippen molar-refractivity contribution >= 4 is 34.1 Å². The van der Waals surface area contributed by atoms with Crippen molar-refractivity contribution in [3.05, 3.63) is 53.3 Å². The number of Topliss-reactive ketones (excluding diaryl/α,β-unsaturated/α-hetero) is 1. The number of aliphatic hydroxyl groups is 3. The predicted molar refractivity (Wildman–Crippen MR) is 206 cm³/mol. The van der Waals surface area contributed by atoms with E-state index in [0.717, 1.165) is 0 Å². The van der Waals surface area contributed by atoms with Crippen molar-refractivity contribution in [1.29, 1.82) is 0 Å². The predicted octanol–water partition coefficient (Wildman–Crippen LogP) is 4.72. The van der Waals surface area contributed by atoms with Crippen LogP contribution >= 0.6 is 0 Å². The number of ketones is 1. The Labute approximate surface area is 322 Å². The van der Waals surface area contributed by atoms with E-state index < -0.39 is 83.7 Å². The van der Waals surface area contributed by atoms with E-state index in [0.29, 0.717) is 13.1 Å². The van der Waals surface area contributed by atoms with Gasteiger partial charge in [0, 0.05) is 73.4 Å². The normalized spacial score (nSPS) is 29.1. The molecular formula is C41H56N2O12. The molecule has 3 aliphatic heterocycles. The molecule has 0 saturated heterocycles. The summed E-state index contributed by atoms with van der Waals surface area (Å²) in [6.45, 7) is 15.3. The van der Waals surface area contributed by atoms with Crippen LogP contribution in [0.1, 0.15) is 71.3 Å². The van der Waals surface area contributed by atoms with Crippen LogP contribution in [0.2, 0.25) is 0 Å². The molecule has 5 bridgehead atoms. The van der Waals surface area contributed by atoms with Crippen LogP contribution in [0.5, 0.6) is 23.0 Å². The Hall–Kier alpha value is -4.63. The maximum absolute atomic E-state index is 14.3. The number of benzene rings is 2. The summed E-state index contributed by atoms with van der Waals surface area (Å²) in [6, 6.07) is 1.27. The first-order chi connectivity index (χ1) is 25.8. The first-order valence-corrected chi connectivity index (χ1v) is 18.6. The Morgan fingerprint density at radius 2 is 1.55 bits per heavy atom. The average molecular weight is 769 g/mol. The van der Waals surface area contributed by atoms with Crippen molar-refractivity contribution < 1.29 is 58.9 Å². The van der Waals surface area contributed by atoms with Gasteiger partial charge in [0.1, 0.15) is 17.2 Å². The highest BCUT2D eigenvalue weighted by Gasteiger charge is 2.49. The van der Waals surface area contributed by atoms with Crippen LogP contribution in [0, 0.1) is 30.6 Å². The summed E-state index contributed by atoms with van der Waals surface area (Å²) in [4.78, 5) is 42.4. The number of hydrogen-bond acceptors (Lipinski definition) is 12. The van der Waals surface area contributed by atoms with Gasteiger partial charge in [-0.25, -0.2) is 0 Å². The minimum Gasteiger partial charge on any atom is -0.507 e. The fraction of sp³-hybridized carbons (Fsp3) is 0.537. The summed E-state index contributed by atoms with van der Waals surface area (Å²) in [5, 5.41) is 59.2. The molecule has 302 valence electrons. The summed E-state index contributed by atoms with van der Waals surface area (Å²) < 4.78 is 23.7. The van der Waals surface area contributed by atoms with Crippen LogP contribution in [0.25, 0.3) is 10.8 Å². The number of hydrogen-bond donors (Lipinski definition) is 6. The lowest BCUT2D eigenvalue weighted by molar-refractivity contribution is -0.132. The van der Waals surface area contributed by atoms with Gasteiger partial charge in [-0.3, -0.25) is 14.4 Å². The third kappa shape index (κ3) is 8.47. The summed E-state index contributed by atoms with van der Waals surface area (Å²) in [6.07, 6.45) is 3.52. The lowest BCUT2D eigenvalue weighted by Gasteiger charge is -2.36. The summed E-state index contributed by atoms with van der Waals surface area (Å²) in [5.74, 6) is -7.25. The number of ether oxygens (including phenoxy) is 4. The second kappa shape index (κ2) is 17.4. The number of nitrogens with zero attached hydrogens (tertiary/aromatic N) is 1. The molecule has 0 fully saturated rings. The molecule has 2 aromatic rings. The van der Waals surface area contributed by atoms with Crippen molar-refractivity contribution in [2.75, 3.05) is 32.1 Å². The minimum atomic E-state index is -1.99. The lowest BCUT2D eigenvalue weighted by atomic mass is 9.78. The van der Waals surface area contributed by atoms with Crippen molar-refractivity contribution in [3.63, 3.8) is 0 Å². The van der Waals surface area contributed by atoms with E-state index in [2.05, 4.69) is 5.32 Å². The van der Waals surface area contributed by atoms with E-state index in [1.165, 1.54) is 52.4 Å². The van der Waals surface area contributed by atoms with Gasteiger partial charge in [-0.2, -0.15) is 0 Å². The number of carbonyl (C=O) groups excluding carboxylic acids is 3. The van der Waals surface area contributed by atoms with Crippen LogP contribution in [-0.2, 0) is 19.1 Å². The van der Waals surface area contributed by atoms with Gasteiger partial charge in [0.2, 0.25) is 0 Å². The molecule has 14 nitrogen and oxygen atoms in total. The van der Waals surface area contributed by atoms with Crippen molar-refractivity contribution in [3.8, 4) is 23.0 Å². The molecule has 0 spiro atoms. The molecule has 55 heavy (non-hydrogen) atoms. The molecular weight excluding hydrogens is 712 g/mol. The number of phenols is 2. The smallest absolute Gasteiger partial charge is 0.312 e. The molecule has 3 heterocycles. The number of allylic oxidation sites excluding steroid dienone is 2. The Morgan fingerprint density at radius 3 is 2.16 bits per heavy atom. The summed E-state index contributed by atoms with van der Waals surface area (Å²) in [5.41, 5.74) is 0.0409. The maximum Gasteiger partial charge on any atom is 0.312 e. The minimum absolute atomic E-state index is 0.0430. The van der Waals surface area contributed by atoms with Crippen LogP contribution in [-0.4, -0.2) is 105 Å². The molecule has 3 aliphatic rings. The van der Waals surface area contributed by atoms with Gasteiger partial charge < -0.3 is 54.7 Å². The molecule has 14 heteroatoms. The lowest BCUT2D eigenvalue weighted by Crippen LogP contribution is -2.44. The van der Waals surface area contributed by atoms with Gasteiger partial charge in [-0.1, -0.05) is 45.9 Å².